The third-order valence-electron chi connectivity index (χ3n) is 3.94. The topological polar surface area (TPSA) is 75.4 Å². The summed E-state index contributed by atoms with van der Waals surface area (Å²) >= 11 is 27.2. The quantitative estimate of drug-likeness (QED) is 0.260. The molecular formula is C23H21Br3Cl3N3O2. The highest BCUT2D eigenvalue weighted by atomic mass is 79.9. The summed E-state index contributed by atoms with van der Waals surface area (Å²) in [6.07, 6.45) is 0. The van der Waals surface area contributed by atoms with Crippen molar-refractivity contribution in [2.24, 2.45) is 0 Å². The van der Waals surface area contributed by atoms with Gasteiger partial charge in [0.25, 0.3) is 0 Å². The molecule has 0 radical (unpaired) electrons. The van der Waals surface area contributed by atoms with Gasteiger partial charge in [-0.25, -0.2) is 0 Å². The lowest BCUT2D eigenvalue weighted by atomic mass is 10.3. The van der Waals surface area contributed by atoms with Crippen molar-refractivity contribution in [2.75, 3.05) is 23.0 Å². The van der Waals surface area contributed by atoms with Gasteiger partial charge in [0.05, 0.1) is 32.1 Å². The molecule has 0 aliphatic carbocycles. The van der Waals surface area contributed by atoms with Crippen molar-refractivity contribution in [3.05, 3.63) is 83.1 Å². The Morgan fingerprint density at radius 2 is 1.26 bits per heavy atom. The molecule has 0 aliphatic rings. The predicted molar refractivity (Wildman–Crippen MR) is 155 cm³/mol. The Bertz CT molecular complexity index is 1160. The molecule has 3 aromatic carbocycles. The van der Waals surface area contributed by atoms with Crippen LogP contribution in [0.15, 0.2) is 68.0 Å². The van der Waals surface area contributed by atoms with Crippen LogP contribution in [0.2, 0.25) is 15.1 Å². The van der Waals surface area contributed by atoms with Crippen molar-refractivity contribution >= 4 is 111 Å². The van der Waals surface area contributed by atoms with Crippen LogP contribution in [0, 0.1) is 0 Å². The number of benzene rings is 3. The van der Waals surface area contributed by atoms with Gasteiger partial charge in [-0.1, -0.05) is 82.6 Å². The van der Waals surface area contributed by atoms with E-state index in [0.29, 0.717) is 32.1 Å². The predicted octanol–water partition coefficient (Wildman–Crippen LogP) is 8.83. The lowest BCUT2D eigenvalue weighted by molar-refractivity contribution is -0.116. The summed E-state index contributed by atoms with van der Waals surface area (Å²) < 4.78 is 2.74. The Hall–Kier alpha value is -1.29. The molecule has 2 amide bonds. The Labute approximate surface area is 239 Å². The zero-order chi connectivity index (χ0) is 26.0. The molecule has 3 rings (SSSR count). The van der Waals surface area contributed by atoms with Crippen LogP contribution in [0.25, 0.3) is 0 Å². The van der Waals surface area contributed by atoms with Gasteiger partial charge in [-0.05, 0) is 54.6 Å². The molecule has 34 heavy (non-hydrogen) atoms. The zero-order valence-electron chi connectivity index (χ0n) is 18.3. The Morgan fingerprint density at radius 1 is 0.794 bits per heavy atom. The summed E-state index contributed by atoms with van der Waals surface area (Å²) in [5, 5.41) is 4.31. The molecule has 0 bridgehead atoms. The van der Waals surface area contributed by atoms with Gasteiger partial charge in [-0.3, -0.25) is 9.59 Å². The third-order valence-corrected chi connectivity index (χ3v) is 6.41. The summed E-state index contributed by atoms with van der Waals surface area (Å²) in [4.78, 5) is 23.3. The van der Waals surface area contributed by atoms with Crippen LogP contribution in [0.4, 0.5) is 17.1 Å². The second-order valence-corrected chi connectivity index (χ2v) is 10.6. The first-order valence-corrected chi connectivity index (χ1v) is 13.0. The van der Waals surface area contributed by atoms with E-state index in [1.807, 2.05) is 24.3 Å². The molecule has 0 aliphatic heterocycles. The van der Waals surface area contributed by atoms with Crippen molar-refractivity contribution < 1.29 is 9.59 Å². The van der Waals surface area contributed by atoms with Gasteiger partial charge in [0, 0.05) is 34.3 Å². The number of amides is 2. The van der Waals surface area contributed by atoms with Crippen LogP contribution >= 0.6 is 82.6 Å². The molecule has 0 fully saturated rings. The summed E-state index contributed by atoms with van der Waals surface area (Å²) in [6, 6.07) is 16.0. The fourth-order valence-corrected chi connectivity index (χ4v) is 3.83. The van der Waals surface area contributed by atoms with E-state index < -0.39 is 0 Å². The fraction of sp³-hybridized carbons (Fsp3) is 0.130. The second kappa shape index (κ2) is 15.0. The summed E-state index contributed by atoms with van der Waals surface area (Å²) in [5.41, 5.74) is 7.40. The van der Waals surface area contributed by atoms with Crippen LogP contribution in [0.1, 0.15) is 13.8 Å². The lowest BCUT2D eigenvalue weighted by Gasteiger charge is -2.16. The van der Waals surface area contributed by atoms with Crippen molar-refractivity contribution in [1.82, 2.24) is 0 Å². The van der Waals surface area contributed by atoms with Gasteiger partial charge >= 0.3 is 0 Å². The normalized spacial score (nSPS) is 9.68. The van der Waals surface area contributed by atoms with Crippen LogP contribution in [-0.4, -0.2) is 18.9 Å². The maximum atomic E-state index is 11.1. The van der Waals surface area contributed by atoms with Gasteiger partial charge < -0.3 is 16.0 Å². The number of rotatable bonds is 2. The number of hydrogen-bond donors (Lipinski definition) is 2. The van der Waals surface area contributed by atoms with Crippen LogP contribution in [0.5, 0.6) is 0 Å². The zero-order valence-corrected chi connectivity index (χ0v) is 25.3. The maximum Gasteiger partial charge on any atom is 0.223 e. The molecule has 11 heteroatoms. The van der Waals surface area contributed by atoms with Crippen molar-refractivity contribution in [3.63, 3.8) is 0 Å². The highest BCUT2D eigenvalue weighted by Gasteiger charge is 2.09. The van der Waals surface area contributed by atoms with Crippen LogP contribution in [0.3, 0.4) is 0 Å². The molecule has 0 spiro atoms. The van der Waals surface area contributed by atoms with E-state index >= 15 is 0 Å². The molecule has 0 aromatic heterocycles. The van der Waals surface area contributed by atoms with E-state index in [-0.39, 0.29) is 11.8 Å². The molecule has 182 valence electrons. The van der Waals surface area contributed by atoms with Crippen molar-refractivity contribution in [1.29, 1.82) is 0 Å². The number of nitrogen functional groups attached to an aromatic ring is 1. The average Bonchev–Trinajstić information content (AvgIpc) is 2.75. The highest BCUT2D eigenvalue weighted by molar-refractivity contribution is 9.11. The van der Waals surface area contributed by atoms with E-state index in [9.17, 15) is 9.59 Å². The smallest absolute Gasteiger partial charge is 0.223 e. The average molecular weight is 718 g/mol. The number of hydrogen-bond acceptors (Lipinski definition) is 3. The first kappa shape index (κ1) is 30.7. The minimum absolute atomic E-state index is 0.0417. The van der Waals surface area contributed by atoms with Gasteiger partial charge in [0.15, 0.2) is 0 Å². The van der Waals surface area contributed by atoms with Crippen LogP contribution < -0.4 is 16.0 Å². The van der Waals surface area contributed by atoms with E-state index in [1.54, 1.807) is 37.4 Å². The van der Waals surface area contributed by atoms with Gasteiger partial charge in [0.2, 0.25) is 11.8 Å². The van der Waals surface area contributed by atoms with Crippen molar-refractivity contribution in [2.45, 2.75) is 13.8 Å². The molecule has 0 unspecified atom stereocenters. The first-order chi connectivity index (χ1) is 15.8. The standard InChI is InChI=1S/C9H9BrClNO.C8H7BrClNO.C6H5BrClN/c1-6(13)12(2)9-5-7(10)3-4-8(9)11;1-5(12)11-8-4-6(9)2-3-7(8)10;7-4-1-2-5(8)6(9)3-4/h3-5H,1-2H3;2-4H,1H3,(H,11,12);1-3H,9H2. The molecule has 3 aromatic rings. The van der Waals surface area contributed by atoms with Gasteiger partial charge in [-0.2, -0.15) is 0 Å². The van der Waals surface area contributed by atoms with Crippen LogP contribution in [-0.2, 0) is 9.59 Å². The minimum Gasteiger partial charge on any atom is -0.397 e. The number of carbonyl (C=O) groups is 2. The monoisotopic (exact) mass is 713 g/mol. The highest BCUT2D eigenvalue weighted by Crippen LogP contribution is 2.28. The van der Waals surface area contributed by atoms with Gasteiger partial charge in [-0.15, -0.1) is 0 Å². The Morgan fingerprint density at radius 3 is 1.74 bits per heavy atom. The first-order valence-electron chi connectivity index (χ1n) is 9.44. The maximum absolute atomic E-state index is 11.1. The summed E-state index contributed by atoms with van der Waals surface area (Å²) in [6.45, 7) is 2.94. The fourth-order valence-electron chi connectivity index (χ4n) is 2.21. The lowest BCUT2D eigenvalue weighted by Crippen LogP contribution is -2.23. The molecule has 0 saturated carbocycles. The Kier molecular flexibility index (Phi) is 13.5. The number of carbonyl (C=O) groups excluding carboxylic acids is 2. The molecular weight excluding hydrogens is 696 g/mol. The van der Waals surface area contributed by atoms with E-state index in [4.69, 9.17) is 40.5 Å². The molecule has 5 nitrogen and oxygen atoms in total. The molecule has 0 saturated heterocycles. The minimum atomic E-state index is -0.130. The van der Waals surface area contributed by atoms with E-state index in [2.05, 4.69) is 53.1 Å². The van der Waals surface area contributed by atoms with Crippen molar-refractivity contribution in [3.8, 4) is 0 Å². The number of halogens is 6. The number of nitrogens with one attached hydrogen (secondary N) is 1. The molecule has 0 heterocycles. The second-order valence-electron chi connectivity index (χ2n) is 6.64. The molecule has 0 atom stereocenters. The van der Waals surface area contributed by atoms with Gasteiger partial charge in [0.1, 0.15) is 0 Å². The number of nitrogens with zero attached hydrogens (tertiary/aromatic N) is 1. The van der Waals surface area contributed by atoms with E-state index in [0.717, 1.165) is 13.4 Å². The largest absolute Gasteiger partial charge is 0.397 e. The SMILES string of the molecule is CC(=O)N(C)c1cc(Br)ccc1Cl.CC(=O)Nc1cc(Br)ccc1Cl.Nc1cc(Br)ccc1Cl. The van der Waals surface area contributed by atoms with E-state index in [1.165, 1.54) is 18.7 Å². The summed E-state index contributed by atoms with van der Waals surface area (Å²) in [5.74, 6) is -0.171. The Balaban J connectivity index is 0.000000259. The number of anilines is 3. The number of nitrogens with two attached hydrogens (primary N) is 1. The third kappa shape index (κ3) is 11.0. The summed E-state index contributed by atoms with van der Waals surface area (Å²) in [7, 11) is 1.69. The molecule has 3 N–H and O–H groups in total.